The summed E-state index contributed by atoms with van der Waals surface area (Å²) in [6, 6.07) is 2.49. The predicted molar refractivity (Wildman–Crippen MR) is 67.2 cm³/mol. The fourth-order valence-electron chi connectivity index (χ4n) is 1.81. The summed E-state index contributed by atoms with van der Waals surface area (Å²) in [4.78, 5) is 21.4. The molecule has 92 valence electrons. The Labute approximate surface area is 101 Å². The Balaban J connectivity index is 2.02. The minimum absolute atomic E-state index is 0.0949. The van der Waals surface area contributed by atoms with Crippen molar-refractivity contribution in [3.63, 3.8) is 0 Å². The van der Waals surface area contributed by atoms with E-state index in [-0.39, 0.29) is 5.78 Å². The van der Waals surface area contributed by atoms with Crippen LogP contribution in [-0.4, -0.2) is 35.4 Å². The zero-order valence-corrected chi connectivity index (χ0v) is 10.3. The fourth-order valence-corrected chi connectivity index (χ4v) is 1.81. The van der Waals surface area contributed by atoms with E-state index in [9.17, 15) is 4.79 Å². The zero-order valence-electron chi connectivity index (χ0n) is 10.3. The van der Waals surface area contributed by atoms with Crippen molar-refractivity contribution in [2.24, 2.45) is 0 Å². The lowest BCUT2D eigenvalue weighted by molar-refractivity contribution is -0.115. The third-order valence-electron chi connectivity index (χ3n) is 3.15. The van der Waals surface area contributed by atoms with Gasteiger partial charge in [-0.3, -0.25) is 4.79 Å². The monoisotopic (exact) mass is 234 g/mol. The third-order valence-corrected chi connectivity index (χ3v) is 3.15. The van der Waals surface area contributed by atoms with Crippen LogP contribution in [-0.2, 0) is 4.79 Å². The van der Waals surface area contributed by atoms with Gasteiger partial charge in [-0.15, -0.1) is 0 Å². The molecule has 0 aromatic carbocycles. The van der Waals surface area contributed by atoms with E-state index in [1.165, 1.54) is 25.6 Å². The van der Waals surface area contributed by atoms with Gasteiger partial charge >= 0.3 is 0 Å². The van der Waals surface area contributed by atoms with Crippen LogP contribution in [0.5, 0.6) is 0 Å². The quantitative estimate of drug-likeness (QED) is 0.836. The van der Waals surface area contributed by atoms with Crippen molar-refractivity contribution in [1.82, 2.24) is 9.97 Å². The number of anilines is 2. The molecule has 1 fully saturated rings. The topological polar surface area (TPSA) is 58.1 Å². The number of aromatic nitrogens is 2. The molecule has 1 saturated carbocycles. The zero-order chi connectivity index (χ0) is 12.3. The highest BCUT2D eigenvalue weighted by atomic mass is 16.1. The molecule has 1 heterocycles. The first-order valence-corrected chi connectivity index (χ1v) is 5.95. The fraction of sp³-hybridized carbons (Fsp3) is 0.583. The van der Waals surface area contributed by atoms with Gasteiger partial charge in [0.2, 0.25) is 0 Å². The van der Waals surface area contributed by atoms with Crippen LogP contribution < -0.4 is 10.2 Å². The molecule has 1 aliphatic rings. The number of carbonyl (C=O) groups is 1. The highest BCUT2D eigenvalue weighted by Crippen LogP contribution is 2.27. The lowest BCUT2D eigenvalue weighted by atomic mass is 9.92. The summed E-state index contributed by atoms with van der Waals surface area (Å²) in [6.07, 6.45) is 5.30. The number of Topliss-reactive ketones (excluding diaryl/α,β-unsaturated/α-hetero) is 1. The van der Waals surface area contributed by atoms with E-state index in [4.69, 9.17) is 0 Å². The number of hydrogen-bond donors (Lipinski definition) is 1. The maximum atomic E-state index is 10.9. The molecule has 0 aliphatic heterocycles. The largest absolute Gasteiger partial charge is 0.363 e. The number of ketones is 1. The molecule has 0 saturated heterocycles. The van der Waals surface area contributed by atoms with E-state index in [0.29, 0.717) is 18.4 Å². The van der Waals surface area contributed by atoms with E-state index < -0.39 is 0 Å². The van der Waals surface area contributed by atoms with Gasteiger partial charge < -0.3 is 10.2 Å². The average Bonchev–Trinajstić information content (AvgIpc) is 2.24. The molecule has 1 aromatic heterocycles. The summed E-state index contributed by atoms with van der Waals surface area (Å²) in [5, 5.41) is 2.99. The normalized spacial score (nSPS) is 15.2. The van der Waals surface area contributed by atoms with Gasteiger partial charge in [-0.1, -0.05) is 0 Å². The molecule has 0 spiro atoms. The van der Waals surface area contributed by atoms with Crippen molar-refractivity contribution in [3.8, 4) is 0 Å². The van der Waals surface area contributed by atoms with Crippen molar-refractivity contribution in [2.45, 2.75) is 32.2 Å². The Morgan fingerprint density at radius 2 is 2.29 bits per heavy atom. The summed E-state index contributed by atoms with van der Waals surface area (Å²) in [6.45, 7) is 1.86. The summed E-state index contributed by atoms with van der Waals surface area (Å²) < 4.78 is 0. The summed E-state index contributed by atoms with van der Waals surface area (Å²) in [5.74, 6) is 1.71. The minimum atomic E-state index is 0.0949. The number of nitrogens with zero attached hydrogens (tertiary/aromatic N) is 3. The van der Waals surface area contributed by atoms with Crippen LogP contribution in [0.15, 0.2) is 12.4 Å². The van der Waals surface area contributed by atoms with Crippen LogP contribution in [0.2, 0.25) is 0 Å². The van der Waals surface area contributed by atoms with Gasteiger partial charge in [0.1, 0.15) is 23.7 Å². The van der Waals surface area contributed by atoms with Crippen LogP contribution in [0, 0.1) is 0 Å². The van der Waals surface area contributed by atoms with Gasteiger partial charge in [0.05, 0.1) is 6.54 Å². The SMILES string of the molecule is CC(=O)CNc1cc(N(C)C2CCC2)ncn1. The van der Waals surface area contributed by atoms with Gasteiger partial charge in [-0.25, -0.2) is 9.97 Å². The molecule has 1 aromatic rings. The van der Waals surface area contributed by atoms with Crippen molar-refractivity contribution in [1.29, 1.82) is 0 Å². The maximum Gasteiger partial charge on any atom is 0.148 e. The number of carbonyl (C=O) groups excluding carboxylic acids is 1. The first-order chi connectivity index (χ1) is 8.16. The van der Waals surface area contributed by atoms with Gasteiger partial charge in [-0.05, 0) is 26.2 Å². The second kappa shape index (κ2) is 5.12. The van der Waals surface area contributed by atoms with E-state index in [0.717, 1.165) is 5.82 Å². The van der Waals surface area contributed by atoms with Crippen LogP contribution in [0.25, 0.3) is 0 Å². The molecule has 0 unspecified atom stereocenters. The molecule has 1 aliphatic carbocycles. The smallest absolute Gasteiger partial charge is 0.148 e. The first kappa shape index (κ1) is 11.8. The Morgan fingerprint density at radius 1 is 1.53 bits per heavy atom. The lowest BCUT2D eigenvalue weighted by Crippen LogP contribution is -2.37. The Bertz CT molecular complexity index is 403. The van der Waals surface area contributed by atoms with Gasteiger partial charge in [0, 0.05) is 19.2 Å². The molecular formula is C12H18N4O. The molecule has 2 rings (SSSR count). The van der Waals surface area contributed by atoms with E-state index in [1.54, 1.807) is 6.92 Å². The van der Waals surface area contributed by atoms with Crippen molar-refractivity contribution in [3.05, 3.63) is 12.4 Å². The lowest BCUT2D eigenvalue weighted by Gasteiger charge is -2.35. The molecule has 0 amide bonds. The van der Waals surface area contributed by atoms with Crippen molar-refractivity contribution in [2.75, 3.05) is 23.8 Å². The molecule has 0 bridgehead atoms. The molecule has 17 heavy (non-hydrogen) atoms. The molecule has 5 nitrogen and oxygen atoms in total. The molecular weight excluding hydrogens is 216 g/mol. The van der Waals surface area contributed by atoms with Gasteiger partial charge in [0.25, 0.3) is 0 Å². The molecule has 1 N–H and O–H groups in total. The third kappa shape index (κ3) is 2.93. The summed E-state index contributed by atoms with van der Waals surface area (Å²) in [5.41, 5.74) is 0. The van der Waals surface area contributed by atoms with Gasteiger partial charge in [0.15, 0.2) is 0 Å². The minimum Gasteiger partial charge on any atom is -0.363 e. The molecule has 0 radical (unpaired) electrons. The van der Waals surface area contributed by atoms with Crippen molar-refractivity contribution < 1.29 is 4.79 Å². The number of rotatable bonds is 5. The molecule has 5 heteroatoms. The Kier molecular flexibility index (Phi) is 3.56. The second-order valence-corrected chi connectivity index (χ2v) is 4.51. The predicted octanol–water partition coefficient (Wildman–Crippen LogP) is 1.47. The van der Waals surface area contributed by atoms with Crippen LogP contribution in [0.4, 0.5) is 11.6 Å². The van der Waals surface area contributed by atoms with Crippen LogP contribution >= 0.6 is 0 Å². The maximum absolute atomic E-state index is 10.9. The Morgan fingerprint density at radius 3 is 2.88 bits per heavy atom. The van der Waals surface area contributed by atoms with E-state index >= 15 is 0 Å². The first-order valence-electron chi connectivity index (χ1n) is 5.95. The number of nitrogens with one attached hydrogen (secondary N) is 1. The second-order valence-electron chi connectivity index (χ2n) is 4.51. The Hall–Kier alpha value is -1.65. The summed E-state index contributed by atoms with van der Waals surface area (Å²) >= 11 is 0. The standard InChI is InChI=1S/C12H18N4O/c1-9(17)7-13-11-6-12(15-8-14-11)16(2)10-4-3-5-10/h6,8,10H,3-5,7H2,1-2H3,(H,13,14,15). The number of hydrogen-bond acceptors (Lipinski definition) is 5. The summed E-state index contributed by atoms with van der Waals surface area (Å²) in [7, 11) is 2.06. The van der Waals surface area contributed by atoms with E-state index in [1.807, 2.05) is 6.07 Å². The highest BCUT2D eigenvalue weighted by Gasteiger charge is 2.23. The van der Waals surface area contributed by atoms with Crippen LogP contribution in [0.3, 0.4) is 0 Å². The van der Waals surface area contributed by atoms with Crippen molar-refractivity contribution >= 4 is 17.4 Å². The average molecular weight is 234 g/mol. The van der Waals surface area contributed by atoms with Crippen LogP contribution in [0.1, 0.15) is 26.2 Å². The van der Waals surface area contributed by atoms with Gasteiger partial charge in [-0.2, -0.15) is 0 Å². The van der Waals surface area contributed by atoms with E-state index in [2.05, 4.69) is 27.2 Å². The molecule has 0 atom stereocenters. The highest BCUT2D eigenvalue weighted by molar-refractivity contribution is 5.80.